The van der Waals surface area contributed by atoms with Gasteiger partial charge in [0.1, 0.15) is 18.0 Å². The number of pyridine rings is 1. The molecule has 0 radical (unpaired) electrons. The van der Waals surface area contributed by atoms with E-state index in [4.69, 9.17) is 4.74 Å². The highest BCUT2D eigenvalue weighted by atomic mass is 19.4. The summed E-state index contributed by atoms with van der Waals surface area (Å²) in [6, 6.07) is 14.2. The molecule has 3 heterocycles. The number of carbonyl (C=O) groups is 1. The number of amides is 1. The summed E-state index contributed by atoms with van der Waals surface area (Å²) in [6.07, 6.45) is -0.802. The van der Waals surface area contributed by atoms with E-state index in [1.54, 1.807) is 17.2 Å². The van der Waals surface area contributed by atoms with E-state index in [1.807, 2.05) is 30.5 Å². The number of rotatable bonds is 3. The maximum atomic E-state index is 13.1. The van der Waals surface area contributed by atoms with Crippen molar-refractivity contribution in [3.63, 3.8) is 0 Å². The first-order chi connectivity index (χ1) is 15.4. The Morgan fingerprint density at radius 1 is 1.03 bits per heavy atom. The predicted molar refractivity (Wildman–Crippen MR) is 113 cm³/mol. The fourth-order valence-corrected chi connectivity index (χ4v) is 3.80. The topological polar surface area (TPSA) is 58.2 Å². The van der Waals surface area contributed by atoms with E-state index in [0.29, 0.717) is 23.4 Å². The van der Waals surface area contributed by atoms with Crippen LogP contribution in [-0.2, 0) is 12.7 Å². The summed E-state index contributed by atoms with van der Waals surface area (Å²) in [5.41, 5.74) is 2.92. The largest absolute Gasteiger partial charge is 0.491 e. The van der Waals surface area contributed by atoms with Gasteiger partial charge in [0.2, 0.25) is 0 Å². The summed E-state index contributed by atoms with van der Waals surface area (Å²) in [5.74, 6) is 0.264. The Hall–Kier alpha value is -3.81. The van der Waals surface area contributed by atoms with Gasteiger partial charge in [0.25, 0.3) is 5.91 Å². The molecule has 1 N–H and O–H groups in total. The van der Waals surface area contributed by atoms with Crippen molar-refractivity contribution in [3.8, 4) is 16.9 Å². The molecule has 0 saturated carbocycles. The number of nitrogens with zero attached hydrogens (tertiary/aromatic N) is 2. The Balaban J connectivity index is 1.39. The number of hydrogen-bond donors (Lipinski definition) is 1. The second kappa shape index (κ2) is 7.71. The van der Waals surface area contributed by atoms with Crippen LogP contribution in [0.5, 0.6) is 5.75 Å². The highest BCUT2D eigenvalue weighted by molar-refractivity contribution is 5.98. The Labute approximate surface area is 181 Å². The fraction of sp³-hybridized carbons (Fsp3) is 0.167. The van der Waals surface area contributed by atoms with Crippen molar-refractivity contribution in [1.82, 2.24) is 14.9 Å². The molecule has 2 aromatic carbocycles. The number of benzene rings is 2. The standard InChI is InChI=1S/C24H18F3N3O2/c25-24(26,27)19-4-1-15(2-5-19)14-30-9-10-32-21-12-16(3-6-20(21)23(30)31)18-11-17-7-8-28-22(17)29-13-18/h1-8,11-13H,9-10,14H2,(H,28,29). The fourth-order valence-electron chi connectivity index (χ4n) is 3.80. The first kappa shape index (κ1) is 20.1. The Morgan fingerprint density at radius 3 is 2.62 bits per heavy atom. The van der Waals surface area contributed by atoms with Gasteiger partial charge >= 0.3 is 6.18 Å². The molecule has 1 amide bonds. The summed E-state index contributed by atoms with van der Waals surface area (Å²) in [6.45, 7) is 0.828. The minimum absolute atomic E-state index is 0.204. The quantitative estimate of drug-likeness (QED) is 0.474. The van der Waals surface area contributed by atoms with Crippen molar-refractivity contribution in [2.75, 3.05) is 13.2 Å². The summed E-state index contributed by atoms with van der Waals surface area (Å²) in [5, 5.41) is 0.983. The normalized spacial score (nSPS) is 14.2. The van der Waals surface area contributed by atoms with Crippen LogP contribution in [0.15, 0.2) is 67.0 Å². The van der Waals surface area contributed by atoms with Gasteiger partial charge in [0.05, 0.1) is 17.7 Å². The number of ether oxygens (including phenoxy) is 1. The monoisotopic (exact) mass is 437 g/mol. The first-order valence-electron chi connectivity index (χ1n) is 10.0. The van der Waals surface area contributed by atoms with E-state index in [1.165, 1.54) is 12.1 Å². The molecule has 0 bridgehead atoms. The van der Waals surface area contributed by atoms with Crippen LogP contribution in [0.1, 0.15) is 21.5 Å². The minimum atomic E-state index is -4.39. The van der Waals surface area contributed by atoms with Crippen LogP contribution in [-0.4, -0.2) is 33.9 Å². The van der Waals surface area contributed by atoms with Crippen molar-refractivity contribution in [3.05, 3.63) is 83.7 Å². The number of aromatic amines is 1. The lowest BCUT2D eigenvalue weighted by atomic mass is 10.0. The molecule has 0 aliphatic carbocycles. The number of halogens is 3. The molecule has 0 unspecified atom stereocenters. The molecule has 0 spiro atoms. The molecular formula is C24H18F3N3O2. The number of alkyl halides is 3. The van der Waals surface area contributed by atoms with Crippen molar-refractivity contribution in [2.24, 2.45) is 0 Å². The maximum Gasteiger partial charge on any atom is 0.416 e. The van der Waals surface area contributed by atoms with Gasteiger partial charge in [-0.25, -0.2) is 4.98 Å². The van der Waals surface area contributed by atoms with Gasteiger partial charge in [-0.2, -0.15) is 13.2 Å². The van der Waals surface area contributed by atoms with Crippen LogP contribution >= 0.6 is 0 Å². The van der Waals surface area contributed by atoms with E-state index in [9.17, 15) is 18.0 Å². The number of H-pyrrole nitrogens is 1. The number of hydrogen-bond acceptors (Lipinski definition) is 3. The Bertz CT molecular complexity index is 1300. The van der Waals surface area contributed by atoms with Gasteiger partial charge in [0, 0.05) is 29.9 Å². The van der Waals surface area contributed by atoms with Crippen LogP contribution in [0.25, 0.3) is 22.2 Å². The van der Waals surface area contributed by atoms with Crippen LogP contribution in [0, 0.1) is 0 Å². The van der Waals surface area contributed by atoms with Gasteiger partial charge < -0.3 is 14.6 Å². The second-order valence-corrected chi connectivity index (χ2v) is 7.62. The molecule has 0 saturated heterocycles. The molecule has 0 atom stereocenters. The molecule has 1 aliphatic heterocycles. The average Bonchev–Trinajstić information content (AvgIpc) is 3.19. The summed E-state index contributed by atoms with van der Waals surface area (Å²) < 4.78 is 44.2. The highest BCUT2D eigenvalue weighted by Crippen LogP contribution is 2.32. The molecule has 5 rings (SSSR count). The third-order valence-corrected chi connectivity index (χ3v) is 5.51. The van der Waals surface area contributed by atoms with Gasteiger partial charge in [-0.3, -0.25) is 4.79 Å². The molecule has 5 nitrogen and oxygen atoms in total. The summed E-state index contributed by atoms with van der Waals surface area (Å²) >= 11 is 0. The molecule has 162 valence electrons. The number of fused-ring (bicyclic) bond motifs is 2. The molecule has 8 heteroatoms. The number of aromatic nitrogens is 2. The average molecular weight is 437 g/mol. The van der Waals surface area contributed by atoms with E-state index in [2.05, 4.69) is 9.97 Å². The number of carbonyl (C=O) groups excluding carboxylic acids is 1. The van der Waals surface area contributed by atoms with Gasteiger partial charge in [0.15, 0.2) is 0 Å². The zero-order valence-corrected chi connectivity index (χ0v) is 16.8. The van der Waals surface area contributed by atoms with E-state index in [0.717, 1.165) is 34.3 Å². The number of nitrogens with one attached hydrogen (secondary N) is 1. The zero-order chi connectivity index (χ0) is 22.3. The third-order valence-electron chi connectivity index (χ3n) is 5.51. The maximum absolute atomic E-state index is 13.1. The van der Waals surface area contributed by atoms with Crippen molar-refractivity contribution >= 4 is 16.9 Å². The third kappa shape index (κ3) is 3.79. The molecular weight excluding hydrogens is 419 g/mol. The molecule has 1 aliphatic rings. The van der Waals surface area contributed by atoms with Gasteiger partial charge in [-0.15, -0.1) is 0 Å². The van der Waals surface area contributed by atoms with Gasteiger partial charge in [-0.05, 0) is 47.5 Å². The smallest absolute Gasteiger partial charge is 0.416 e. The van der Waals surface area contributed by atoms with Crippen LogP contribution in [0.4, 0.5) is 13.2 Å². The molecule has 0 fully saturated rings. The second-order valence-electron chi connectivity index (χ2n) is 7.62. The Kier molecular flexibility index (Phi) is 4.84. The molecule has 32 heavy (non-hydrogen) atoms. The molecule has 2 aromatic heterocycles. The van der Waals surface area contributed by atoms with Gasteiger partial charge in [-0.1, -0.05) is 18.2 Å². The van der Waals surface area contributed by atoms with E-state index < -0.39 is 11.7 Å². The zero-order valence-electron chi connectivity index (χ0n) is 16.8. The van der Waals surface area contributed by atoms with Crippen molar-refractivity contribution in [2.45, 2.75) is 12.7 Å². The van der Waals surface area contributed by atoms with Crippen molar-refractivity contribution < 1.29 is 22.7 Å². The predicted octanol–water partition coefficient (Wildman–Crippen LogP) is 5.28. The summed E-state index contributed by atoms with van der Waals surface area (Å²) in [4.78, 5) is 22.1. The van der Waals surface area contributed by atoms with Crippen LogP contribution in [0.2, 0.25) is 0 Å². The van der Waals surface area contributed by atoms with Crippen LogP contribution in [0.3, 0.4) is 0 Å². The first-order valence-corrected chi connectivity index (χ1v) is 10.0. The lowest BCUT2D eigenvalue weighted by Crippen LogP contribution is -2.31. The van der Waals surface area contributed by atoms with Crippen molar-refractivity contribution in [1.29, 1.82) is 0 Å². The van der Waals surface area contributed by atoms with Crippen LogP contribution < -0.4 is 4.74 Å². The Morgan fingerprint density at radius 2 is 1.84 bits per heavy atom. The SMILES string of the molecule is O=C1c2ccc(-c3cnc4[nH]ccc4c3)cc2OCCN1Cc1ccc(C(F)(F)F)cc1. The minimum Gasteiger partial charge on any atom is -0.491 e. The lowest BCUT2D eigenvalue weighted by molar-refractivity contribution is -0.137. The van der Waals surface area contributed by atoms with E-state index in [-0.39, 0.29) is 19.1 Å². The van der Waals surface area contributed by atoms with E-state index >= 15 is 0 Å². The summed E-state index contributed by atoms with van der Waals surface area (Å²) in [7, 11) is 0. The lowest BCUT2D eigenvalue weighted by Gasteiger charge is -2.20. The molecule has 4 aromatic rings. The highest BCUT2D eigenvalue weighted by Gasteiger charge is 2.30.